The quantitative estimate of drug-likeness (QED) is 0.365. The van der Waals surface area contributed by atoms with E-state index in [0.29, 0.717) is 35.2 Å². The van der Waals surface area contributed by atoms with Gasteiger partial charge in [0, 0.05) is 29.5 Å². The van der Waals surface area contributed by atoms with Crippen molar-refractivity contribution in [3.8, 4) is 11.5 Å². The summed E-state index contributed by atoms with van der Waals surface area (Å²) in [5.74, 6) is 1.18. The predicted molar refractivity (Wildman–Crippen MR) is 120 cm³/mol. The normalized spacial score (nSPS) is 15.5. The number of methoxy groups -OCH3 is 1. The van der Waals surface area contributed by atoms with Gasteiger partial charge in [0.05, 0.1) is 12.8 Å². The largest absolute Gasteiger partial charge is 0.493 e. The molecular formula is C25H27FN2O4. The Kier molecular flexibility index (Phi) is 6.85. The molecule has 3 aromatic rings. The number of hydrogen-bond donors (Lipinski definition) is 0. The maximum atomic E-state index is 13.4. The number of hydrogen-bond acceptors (Lipinski definition) is 6. The highest BCUT2D eigenvalue weighted by Crippen LogP contribution is 2.33. The van der Waals surface area contributed by atoms with Crippen molar-refractivity contribution < 1.29 is 23.2 Å². The third-order valence-electron chi connectivity index (χ3n) is 5.87. The van der Waals surface area contributed by atoms with Gasteiger partial charge >= 0.3 is 0 Å². The lowest BCUT2D eigenvalue weighted by Gasteiger charge is -2.30. The Balaban J connectivity index is 1.24. The van der Waals surface area contributed by atoms with Crippen LogP contribution in [0.3, 0.4) is 0 Å². The first-order valence-electron chi connectivity index (χ1n) is 10.8. The number of aromatic nitrogens is 1. The smallest absolute Gasteiger partial charge is 0.170 e. The molecule has 7 heteroatoms. The van der Waals surface area contributed by atoms with Crippen molar-refractivity contribution in [2.75, 3.05) is 33.4 Å². The van der Waals surface area contributed by atoms with E-state index in [2.05, 4.69) is 16.1 Å². The topological polar surface area (TPSA) is 64.8 Å². The number of benzene rings is 2. The van der Waals surface area contributed by atoms with E-state index < -0.39 is 0 Å². The number of piperidine rings is 1. The number of Topliss-reactive ketones (excluding diaryl/α,β-unsaturated/α-hetero) is 1. The molecule has 4 rings (SSSR count). The van der Waals surface area contributed by atoms with Crippen molar-refractivity contribution in [3.63, 3.8) is 0 Å². The van der Waals surface area contributed by atoms with Crippen molar-refractivity contribution in [1.29, 1.82) is 0 Å². The van der Waals surface area contributed by atoms with Gasteiger partial charge in [-0.3, -0.25) is 9.69 Å². The third kappa shape index (κ3) is 4.99. The minimum absolute atomic E-state index is 0.0100. The summed E-state index contributed by atoms with van der Waals surface area (Å²) in [6, 6.07) is 9.80. The first-order chi connectivity index (χ1) is 15.5. The molecule has 32 heavy (non-hydrogen) atoms. The molecule has 0 spiro atoms. The number of ketones is 1. The van der Waals surface area contributed by atoms with Gasteiger partial charge in [-0.1, -0.05) is 17.3 Å². The Labute approximate surface area is 186 Å². The molecule has 1 fully saturated rings. The molecule has 0 N–H and O–H groups in total. The van der Waals surface area contributed by atoms with Gasteiger partial charge in [-0.05, 0) is 63.2 Å². The summed E-state index contributed by atoms with van der Waals surface area (Å²) < 4.78 is 29.8. The Morgan fingerprint density at radius 2 is 2.00 bits per heavy atom. The molecule has 6 nitrogen and oxygen atoms in total. The van der Waals surface area contributed by atoms with Crippen LogP contribution in [0.15, 0.2) is 53.1 Å². The summed E-state index contributed by atoms with van der Waals surface area (Å²) in [4.78, 5) is 13.9. The predicted octanol–water partition coefficient (Wildman–Crippen LogP) is 4.99. The summed E-state index contributed by atoms with van der Waals surface area (Å²) in [6.45, 7) is 4.72. The Bertz CT molecular complexity index is 1120. The molecule has 0 amide bonds. The van der Waals surface area contributed by atoms with E-state index >= 15 is 0 Å². The molecule has 0 atom stereocenters. The van der Waals surface area contributed by atoms with Crippen LogP contribution in [0.5, 0.6) is 11.5 Å². The maximum Gasteiger partial charge on any atom is 0.170 e. The summed E-state index contributed by atoms with van der Waals surface area (Å²) in [7, 11) is 1.56. The minimum atomic E-state index is -0.308. The van der Waals surface area contributed by atoms with Crippen LogP contribution < -0.4 is 9.47 Å². The second-order valence-electron chi connectivity index (χ2n) is 7.99. The molecule has 0 aliphatic carbocycles. The van der Waals surface area contributed by atoms with Crippen molar-refractivity contribution in [1.82, 2.24) is 10.1 Å². The lowest BCUT2D eigenvalue weighted by molar-refractivity contribution is 0.101. The van der Waals surface area contributed by atoms with Crippen molar-refractivity contribution in [3.05, 3.63) is 65.6 Å². The number of carbonyl (C=O) groups is 1. The van der Waals surface area contributed by atoms with Crippen molar-refractivity contribution in [2.45, 2.75) is 25.7 Å². The van der Waals surface area contributed by atoms with Gasteiger partial charge in [0.25, 0.3) is 0 Å². The highest BCUT2D eigenvalue weighted by Gasteiger charge is 2.24. The molecule has 2 heterocycles. The van der Waals surface area contributed by atoms with Crippen LogP contribution in [-0.4, -0.2) is 49.2 Å². The Hall–Kier alpha value is -3.19. The van der Waals surface area contributed by atoms with Gasteiger partial charge in [-0.2, -0.15) is 0 Å². The van der Waals surface area contributed by atoms with Crippen LogP contribution in [0.4, 0.5) is 4.39 Å². The van der Waals surface area contributed by atoms with E-state index in [4.69, 9.17) is 14.0 Å². The molecule has 1 aliphatic heterocycles. The number of rotatable bonds is 8. The van der Waals surface area contributed by atoms with Crippen molar-refractivity contribution in [2.24, 2.45) is 0 Å². The molecule has 2 aromatic carbocycles. The zero-order valence-corrected chi connectivity index (χ0v) is 18.3. The fraction of sp³-hybridized carbons (Fsp3) is 0.360. The highest BCUT2D eigenvalue weighted by molar-refractivity contribution is 5.94. The fourth-order valence-corrected chi connectivity index (χ4v) is 4.05. The summed E-state index contributed by atoms with van der Waals surface area (Å²) >= 11 is 0. The number of likely N-dealkylation sites (tertiary alicyclic amines) is 1. The van der Waals surface area contributed by atoms with Gasteiger partial charge in [-0.25, -0.2) is 4.39 Å². The van der Waals surface area contributed by atoms with Gasteiger partial charge in [0.15, 0.2) is 22.9 Å². The summed E-state index contributed by atoms with van der Waals surface area (Å²) in [6.07, 6.45) is 6.07. The van der Waals surface area contributed by atoms with E-state index in [0.717, 1.165) is 43.6 Å². The average molecular weight is 438 g/mol. The first-order valence-corrected chi connectivity index (χ1v) is 10.8. The van der Waals surface area contributed by atoms with E-state index in [1.165, 1.54) is 19.1 Å². The molecule has 0 radical (unpaired) electrons. The summed E-state index contributed by atoms with van der Waals surface area (Å²) in [5, 5.41) is 5.12. The van der Waals surface area contributed by atoms with Crippen LogP contribution >= 0.6 is 0 Å². The molecule has 0 unspecified atom stereocenters. The lowest BCUT2D eigenvalue weighted by atomic mass is 9.91. The monoisotopic (exact) mass is 438 g/mol. The number of ether oxygens (including phenoxy) is 2. The second kappa shape index (κ2) is 9.96. The minimum Gasteiger partial charge on any atom is -0.493 e. The van der Waals surface area contributed by atoms with Crippen molar-refractivity contribution >= 4 is 16.8 Å². The lowest BCUT2D eigenvalue weighted by Crippen LogP contribution is -2.33. The van der Waals surface area contributed by atoms with Crippen LogP contribution in [0.2, 0.25) is 0 Å². The van der Waals surface area contributed by atoms with Gasteiger partial charge in [-0.15, -0.1) is 0 Å². The maximum absolute atomic E-state index is 13.4. The molecule has 1 aliphatic rings. The molecule has 0 saturated carbocycles. The standard InChI is InChI=1S/C25H27FN2O4/c1-17(29)19-5-8-22(24(15-19)30-2)31-14-4-3-11-28-12-9-18(10-13-28)25-21-7-6-20(26)16-23(21)32-27-25/h3-8,15-16,18H,9-14H2,1-2H3/b4-3+. The molecule has 0 bridgehead atoms. The molecule has 1 saturated heterocycles. The third-order valence-corrected chi connectivity index (χ3v) is 5.87. The van der Waals surface area contributed by atoms with E-state index in [1.807, 2.05) is 6.08 Å². The van der Waals surface area contributed by atoms with E-state index in [9.17, 15) is 9.18 Å². The van der Waals surface area contributed by atoms with E-state index in [1.54, 1.807) is 31.4 Å². The summed E-state index contributed by atoms with van der Waals surface area (Å²) in [5.41, 5.74) is 2.05. The number of fused-ring (bicyclic) bond motifs is 1. The fourth-order valence-electron chi connectivity index (χ4n) is 4.05. The van der Waals surface area contributed by atoms with Crippen LogP contribution in [0, 0.1) is 5.82 Å². The molecular weight excluding hydrogens is 411 g/mol. The number of nitrogens with zero attached hydrogens (tertiary/aromatic N) is 2. The zero-order chi connectivity index (χ0) is 22.5. The average Bonchev–Trinajstić information content (AvgIpc) is 3.22. The van der Waals surface area contributed by atoms with Crippen LogP contribution in [-0.2, 0) is 0 Å². The van der Waals surface area contributed by atoms with Crippen LogP contribution in [0.25, 0.3) is 11.0 Å². The number of carbonyl (C=O) groups excluding carboxylic acids is 1. The second-order valence-corrected chi connectivity index (χ2v) is 7.99. The highest BCUT2D eigenvalue weighted by atomic mass is 19.1. The SMILES string of the molecule is COc1cc(C(C)=O)ccc1OC/C=C/CN1CCC(c2noc3cc(F)ccc23)CC1. The first kappa shape index (κ1) is 22.0. The van der Waals surface area contributed by atoms with Gasteiger partial charge < -0.3 is 14.0 Å². The Morgan fingerprint density at radius 3 is 2.75 bits per heavy atom. The van der Waals surface area contributed by atoms with Gasteiger partial charge in [0.1, 0.15) is 12.4 Å². The molecule has 1 aromatic heterocycles. The van der Waals surface area contributed by atoms with Gasteiger partial charge in [0.2, 0.25) is 0 Å². The Morgan fingerprint density at radius 1 is 1.19 bits per heavy atom. The molecule has 168 valence electrons. The number of halogens is 1. The van der Waals surface area contributed by atoms with E-state index in [-0.39, 0.29) is 11.6 Å². The zero-order valence-electron chi connectivity index (χ0n) is 18.3. The van der Waals surface area contributed by atoms with Crippen LogP contribution in [0.1, 0.15) is 41.7 Å².